The normalized spacial score (nSPS) is 57.7. The third-order valence-corrected chi connectivity index (χ3v) is 6.07. The van der Waals surface area contributed by atoms with Gasteiger partial charge in [-0.2, -0.15) is 0 Å². The number of hydrogen-bond donors (Lipinski definition) is 0. The van der Waals surface area contributed by atoms with E-state index in [0.717, 1.165) is 5.92 Å². The van der Waals surface area contributed by atoms with Crippen LogP contribution in [0.3, 0.4) is 0 Å². The zero-order valence-corrected chi connectivity index (χ0v) is 10.6. The summed E-state index contributed by atoms with van der Waals surface area (Å²) in [5, 5.41) is 0. The molecule has 2 saturated heterocycles. The van der Waals surface area contributed by atoms with E-state index in [9.17, 15) is 0 Å². The van der Waals surface area contributed by atoms with E-state index in [1.165, 1.54) is 32.1 Å². The molecule has 0 unspecified atom stereocenters. The van der Waals surface area contributed by atoms with Gasteiger partial charge in [-0.05, 0) is 57.3 Å². The first-order valence-corrected chi connectivity index (χ1v) is 6.83. The molecular formula is C15H26O2. The number of fused-ring (bicyclic) bond motifs is 2. The summed E-state index contributed by atoms with van der Waals surface area (Å²) in [7, 11) is 0. The standard InChI is InChI=1S/C14H22O2.CH4/c1-12(2)9-4-6-13(3)7-5-10-11(15-10)14(13,8-9)16-12;/h9-11H,4-8H2,1-3H3;1H4/t9-,10+,11+,13-,14+;/m1./s1. The van der Waals surface area contributed by atoms with Gasteiger partial charge >= 0.3 is 0 Å². The zero-order chi connectivity index (χ0) is 11.2. The van der Waals surface area contributed by atoms with Crippen molar-refractivity contribution in [3.05, 3.63) is 0 Å². The molecule has 0 aromatic carbocycles. The highest BCUT2D eigenvalue weighted by atomic mass is 16.6. The molecule has 1 spiro atoms. The van der Waals surface area contributed by atoms with Crippen molar-refractivity contribution in [3.8, 4) is 0 Å². The van der Waals surface area contributed by atoms with Gasteiger partial charge in [0.25, 0.3) is 0 Å². The molecule has 2 heteroatoms. The molecule has 4 rings (SSSR count). The largest absolute Gasteiger partial charge is 0.366 e. The molecule has 0 radical (unpaired) electrons. The van der Waals surface area contributed by atoms with E-state index in [4.69, 9.17) is 9.47 Å². The van der Waals surface area contributed by atoms with Crippen LogP contribution in [-0.2, 0) is 9.47 Å². The molecule has 0 aromatic heterocycles. The summed E-state index contributed by atoms with van der Waals surface area (Å²) >= 11 is 0. The molecule has 0 aromatic rings. The Morgan fingerprint density at radius 2 is 1.76 bits per heavy atom. The Hall–Kier alpha value is -0.0800. The molecule has 2 aliphatic carbocycles. The minimum absolute atomic E-state index is 0. The van der Waals surface area contributed by atoms with E-state index < -0.39 is 0 Å². The average Bonchev–Trinajstić information content (AvgIpc) is 2.94. The van der Waals surface area contributed by atoms with Gasteiger partial charge in [-0.1, -0.05) is 14.4 Å². The second-order valence-electron chi connectivity index (χ2n) is 7.23. The fourth-order valence-corrected chi connectivity index (χ4v) is 4.82. The van der Waals surface area contributed by atoms with E-state index >= 15 is 0 Å². The van der Waals surface area contributed by atoms with E-state index in [0.29, 0.717) is 17.6 Å². The van der Waals surface area contributed by atoms with Crippen LogP contribution in [0.5, 0.6) is 0 Å². The fourth-order valence-electron chi connectivity index (χ4n) is 4.82. The maximum absolute atomic E-state index is 6.60. The summed E-state index contributed by atoms with van der Waals surface area (Å²) in [4.78, 5) is 0. The summed E-state index contributed by atoms with van der Waals surface area (Å²) < 4.78 is 12.5. The number of ether oxygens (including phenoxy) is 2. The van der Waals surface area contributed by atoms with Gasteiger partial charge in [0.15, 0.2) is 0 Å². The second kappa shape index (κ2) is 3.08. The van der Waals surface area contributed by atoms with Crippen molar-refractivity contribution in [3.63, 3.8) is 0 Å². The average molecular weight is 238 g/mol. The maximum atomic E-state index is 6.60. The highest BCUT2D eigenvalue weighted by Crippen LogP contribution is 2.67. The van der Waals surface area contributed by atoms with Gasteiger partial charge in [0.2, 0.25) is 0 Å². The Morgan fingerprint density at radius 3 is 2.53 bits per heavy atom. The highest BCUT2D eigenvalue weighted by Gasteiger charge is 2.73. The smallest absolute Gasteiger partial charge is 0.114 e. The van der Waals surface area contributed by atoms with E-state index in [1.54, 1.807) is 0 Å². The first-order valence-electron chi connectivity index (χ1n) is 6.83. The Morgan fingerprint density at radius 1 is 1.06 bits per heavy atom. The van der Waals surface area contributed by atoms with Crippen LogP contribution in [-0.4, -0.2) is 23.4 Å². The molecule has 17 heavy (non-hydrogen) atoms. The summed E-state index contributed by atoms with van der Waals surface area (Å²) in [6, 6.07) is 0. The van der Waals surface area contributed by atoms with Crippen molar-refractivity contribution >= 4 is 0 Å². The first-order chi connectivity index (χ1) is 7.47. The van der Waals surface area contributed by atoms with Crippen molar-refractivity contribution in [2.45, 2.75) is 83.7 Å². The lowest BCUT2D eigenvalue weighted by atomic mass is 9.56. The second-order valence-corrected chi connectivity index (χ2v) is 7.23. The SMILES string of the molecule is C.CC1(C)O[C@]23C[C@H]1CC[C@]2(C)CC[C@@H]1O[C@@H]13. The molecule has 4 fully saturated rings. The van der Waals surface area contributed by atoms with Crippen LogP contribution in [0.15, 0.2) is 0 Å². The molecular weight excluding hydrogens is 212 g/mol. The van der Waals surface area contributed by atoms with Crippen LogP contribution in [0.2, 0.25) is 0 Å². The summed E-state index contributed by atoms with van der Waals surface area (Å²) in [5.74, 6) is 0.753. The minimum Gasteiger partial charge on any atom is -0.366 e. The molecule has 4 aliphatic rings. The molecule has 2 aliphatic heterocycles. The quantitative estimate of drug-likeness (QED) is 0.602. The Kier molecular flexibility index (Phi) is 2.17. The van der Waals surface area contributed by atoms with Crippen molar-refractivity contribution in [1.29, 1.82) is 0 Å². The molecule has 2 bridgehead atoms. The molecule has 2 nitrogen and oxygen atoms in total. The third kappa shape index (κ3) is 1.24. The lowest BCUT2D eigenvalue weighted by molar-refractivity contribution is -0.166. The van der Waals surface area contributed by atoms with Crippen molar-refractivity contribution in [1.82, 2.24) is 0 Å². The Balaban J connectivity index is 0.000000902. The van der Waals surface area contributed by atoms with Crippen LogP contribution in [0.25, 0.3) is 0 Å². The van der Waals surface area contributed by atoms with Gasteiger partial charge in [-0.15, -0.1) is 0 Å². The molecule has 2 saturated carbocycles. The molecule has 5 atom stereocenters. The number of hydrogen-bond acceptors (Lipinski definition) is 2. The number of epoxide rings is 1. The number of rotatable bonds is 0. The topological polar surface area (TPSA) is 21.8 Å². The molecule has 0 amide bonds. The predicted octanol–water partition coefficient (Wildman–Crippen LogP) is 3.54. The monoisotopic (exact) mass is 238 g/mol. The molecule has 2 heterocycles. The highest BCUT2D eigenvalue weighted by molar-refractivity contribution is 5.21. The Labute approximate surface area is 105 Å². The van der Waals surface area contributed by atoms with Gasteiger partial charge in [0.05, 0.1) is 11.7 Å². The third-order valence-electron chi connectivity index (χ3n) is 6.07. The van der Waals surface area contributed by atoms with E-state index in [1.807, 2.05) is 0 Å². The van der Waals surface area contributed by atoms with Gasteiger partial charge in [0, 0.05) is 0 Å². The summed E-state index contributed by atoms with van der Waals surface area (Å²) in [6.07, 6.45) is 7.46. The van der Waals surface area contributed by atoms with Gasteiger partial charge in [-0.25, -0.2) is 0 Å². The lowest BCUT2D eigenvalue weighted by Gasteiger charge is -2.50. The van der Waals surface area contributed by atoms with Crippen LogP contribution in [0.1, 0.15) is 60.3 Å². The van der Waals surface area contributed by atoms with E-state index in [2.05, 4.69) is 20.8 Å². The van der Waals surface area contributed by atoms with Gasteiger partial charge in [-0.3, -0.25) is 0 Å². The first kappa shape index (κ1) is 12.0. The van der Waals surface area contributed by atoms with E-state index in [-0.39, 0.29) is 18.6 Å². The fraction of sp³-hybridized carbons (Fsp3) is 1.00. The Bertz CT molecular complexity index is 351. The lowest BCUT2D eigenvalue weighted by Crippen LogP contribution is -2.55. The van der Waals surface area contributed by atoms with Crippen LogP contribution in [0, 0.1) is 11.3 Å². The predicted molar refractivity (Wildman–Crippen MR) is 68.0 cm³/mol. The van der Waals surface area contributed by atoms with Crippen LogP contribution >= 0.6 is 0 Å². The zero-order valence-electron chi connectivity index (χ0n) is 10.6. The summed E-state index contributed by atoms with van der Waals surface area (Å²) in [6.45, 7) is 7.01. The maximum Gasteiger partial charge on any atom is 0.114 e. The van der Waals surface area contributed by atoms with Crippen molar-refractivity contribution in [2.75, 3.05) is 0 Å². The molecule has 0 N–H and O–H groups in total. The van der Waals surface area contributed by atoms with Crippen molar-refractivity contribution in [2.24, 2.45) is 11.3 Å². The van der Waals surface area contributed by atoms with Gasteiger partial charge < -0.3 is 9.47 Å². The van der Waals surface area contributed by atoms with Crippen LogP contribution in [0.4, 0.5) is 0 Å². The van der Waals surface area contributed by atoms with Crippen molar-refractivity contribution < 1.29 is 9.47 Å². The van der Waals surface area contributed by atoms with Crippen LogP contribution < -0.4 is 0 Å². The minimum atomic E-state index is 0. The van der Waals surface area contributed by atoms with Gasteiger partial charge in [0.1, 0.15) is 11.7 Å². The molecule has 98 valence electrons. The summed E-state index contributed by atoms with van der Waals surface area (Å²) in [5.41, 5.74) is 0.531.